The van der Waals surface area contributed by atoms with Crippen LogP contribution in [0.4, 0.5) is 5.82 Å². The van der Waals surface area contributed by atoms with Gasteiger partial charge in [-0.05, 0) is 0 Å². The number of aryl methyl sites for hydroxylation is 1. The van der Waals surface area contributed by atoms with E-state index in [0.29, 0.717) is 34.3 Å². The molecule has 0 saturated heterocycles. The third-order valence-corrected chi connectivity index (χ3v) is 4.35. The Balaban J connectivity index is 1.87. The van der Waals surface area contributed by atoms with Gasteiger partial charge in [-0.2, -0.15) is 0 Å². The molecular formula is C14H18N6O3S. The standard InChI is InChI=1S/C14H18N6O3S/c1-15-11-8-10(20(2)7-17-8)9-13(19-11)24-14(18-9)12(22)16-3-5-23-6-4-21/h7,21H,3-6H2,1-2H3,(H,15,19)(H,16,22). The smallest absolute Gasteiger partial charge is 0.280 e. The SMILES string of the molecule is CNc1nc2sc(C(=O)NCCOCCO)nc2c2c1ncn2C. The molecule has 3 rings (SSSR count). The van der Waals surface area contributed by atoms with E-state index >= 15 is 0 Å². The van der Waals surface area contributed by atoms with Crippen molar-refractivity contribution in [2.24, 2.45) is 7.05 Å². The Labute approximate surface area is 141 Å². The zero-order valence-electron chi connectivity index (χ0n) is 13.4. The van der Waals surface area contributed by atoms with E-state index in [9.17, 15) is 4.79 Å². The van der Waals surface area contributed by atoms with Crippen LogP contribution >= 0.6 is 11.3 Å². The molecule has 10 heteroatoms. The van der Waals surface area contributed by atoms with E-state index in [1.54, 1.807) is 13.4 Å². The summed E-state index contributed by atoms with van der Waals surface area (Å²) >= 11 is 1.23. The molecule has 0 aliphatic carbocycles. The topological polar surface area (TPSA) is 114 Å². The number of aromatic nitrogens is 4. The van der Waals surface area contributed by atoms with Crippen LogP contribution in [0.25, 0.3) is 21.4 Å². The highest BCUT2D eigenvalue weighted by Crippen LogP contribution is 2.30. The number of thiazole rings is 1. The van der Waals surface area contributed by atoms with Crippen LogP contribution in [0.5, 0.6) is 0 Å². The van der Waals surface area contributed by atoms with Gasteiger partial charge in [-0.1, -0.05) is 11.3 Å². The summed E-state index contributed by atoms with van der Waals surface area (Å²) in [6.07, 6.45) is 1.70. The molecule has 3 heterocycles. The van der Waals surface area contributed by atoms with Crippen LogP contribution in [-0.4, -0.2) is 63.9 Å². The van der Waals surface area contributed by atoms with Gasteiger partial charge >= 0.3 is 0 Å². The summed E-state index contributed by atoms with van der Waals surface area (Å²) in [7, 11) is 3.66. The molecule has 3 N–H and O–H groups in total. The zero-order valence-corrected chi connectivity index (χ0v) is 14.2. The van der Waals surface area contributed by atoms with Crippen LogP contribution in [0, 0.1) is 0 Å². The molecule has 128 valence electrons. The summed E-state index contributed by atoms with van der Waals surface area (Å²) in [5.74, 6) is 0.387. The van der Waals surface area contributed by atoms with Crippen LogP contribution in [-0.2, 0) is 11.8 Å². The van der Waals surface area contributed by atoms with Gasteiger partial charge in [-0.15, -0.1) is 0 Å². The average Bonchev–Trinajstić information content (AvgIpc) is 3.17. The molecule has 0 unspecified atom stereocenters. The van der Waals surface area contributed by atoms with E-state index in [-0.39, 0.29) is 19.1 Å². The minimum Gasteiger partial charge on any atom is -0.394 e. The highest BCUT2D eigenvalue weighted by molar-refractivity contribution is 7.20. The highest BCUT2D eigenvalue weighted by atomic mass is 32.1. The van der Waals surface area contributed by atoms with E-state index in [2.05, 4.69) is 25.6 Å². The number of imidazole rings is 1. The molecule has 0 saturated carbocycles. The Hall–Kier alpha value is -2.30. The van der Waals surface area contributed by atoms with Gasteiger partial charge in [-0.25, -0.2) is 15.0 Å². The average molecular weight is 350 g/mol. The molecule has 24 heavy (non-hydrogen) atoms. The third kappa shape index (κ3) is 3.03. The fourth-order valence-corrected chi connectivity index (χ4v) is 3.19. The third-order valence-electron chi connectivity index (χ3n) is 3.41. The number of ether oxygens (including phenoxy) is 1. The van der Waals surface area contributed by atoms with E-state index in [1.165, 1.54) is 11.3 Å². The Bertz CT molecular complexity index is 874. The summed E-state index contributed by atoms with van der Waals surface area (Å²) in [4.78, 5) is 26.2. The van der Waals surface area contributed by atoms with Gasteiger partial charge in [0, 0.05) is 20.6 Å². The van der Waals surface area contributed by atoms with Gasteiger partial charge in [0.05, 0.1) is 26.1 Å². The van der Waals surface area contributed by atoms with Crippen LogP contribution < -0.4 is 10.6 Å². The minimum atomic E-state index is -0.271. The number of rotatable bonds is 7. The van der Waals surface area contributed by atoms with Gasteiger partial charge < -0.3 is 25.0 Å². The maximum absolute atomic E-state index is 12.2. The number of aliphatic hydroxyl groups is 1. The first kappa shape index (κ1) is 16.6. The molecule has 0 spiro atoms. The summed E-state index contributed by atoms with van der Waals surface area (Å²) in [6, 6.07) is 0. The van der Waals surface area contributed by atoms with Crippen LogP contribution in [0.2, 0.25) is 0 Å². The lowest BCUT2D eigenvalue weighted by atomic mass is 10.3. The molecule has 0 atom stereocenters. The minimum absolute atomic E-state index is 0.0357. The molecule has 0 bridgehead atoms. The molecule has 0 aliphatic rings. The maximum atomic E-state index is 12.2. The van der Waals surface area contributed by atoms with E-state index in [0.717, 1.165) is 11.0 Å². The van der Waals surface area contributed by atoms with Crippen LogP contribution in [0.15, 0.2) is 6.33 Å². The molecule has 0 aromatic carbocycles. The second-order valence-electron chi connectivity index (χ2n) is 5.03. The number of carbonyl (C=O) groups is 1. The summed E-state index contributed by atoms with van der Waals surface area (Å²) < 4.78 is 6.97. The summed E-state index contributed by atoms with van der Waals surface area (Å²) in [5, 5.41) is 14.7. The fourth-order valence-electron chi connectivity index (χ4n) is 2.33. The molecule has 3 aromatic heterocycles. The number of fused-ring (bicyclic) bond motifs is 3. The fraction of sp³-hybridized carbons (Fsp3) is 0.429. The van der Waals surface area contributed by atoms with Gasteiger partial charge in [-0.3, -0.25) is 4.79 Å². The number of carbonyl (C=O) groups excluding carboxylic acids is 1. The summed E-state index contributed by atoms with van der Waals surface area (Å²) in [6.45, 7) is 0.911. The monoisotopic (exact) mass is 350 g/mol. The lowest BCUT2D eigenvalue weighted by Gasteiger charge is -2.03. The first-order valence-corrected chi connectivity index (χ1v) is 8.23. The molecule has 3 aromatic rings. The molecular weight excluding hydrogens is 332 g/mol. The van der Waals surface area contributed by atoms with Crippen LogP contribution in [0.3, 0.4) is 0 Å². The predicted octanol–water partition coefficient (Wildman–Crippen LogP) is 0.358. The van der Waals surface area contributed by atoms with Crippen molar-refractivity contribution in [3.63, 3.8) is 0 Å². The number of anilines is 1. The number of hydrogen-bond donors (Lipinski definition) is 3. The van der Waals surface area contributed by atoms with Crippen LogP contribution in [0.1, 0.15) is 9.80 Å². The van der Waals surface area contributed by atoms with E-state index < -0.39 is 0 Å². The van der Waals surface area contributed by atoms with Crippen molar-refractivity contribution in [1.82, 2.24) is 24.8 Å². The van der Waals surface area contributed by atoms with Crippen molar-refractivity contribution < 1.29 is 14.6 Å². The van der Waals surface area contributed by atoms with E-state index in [4.69, 9.17) is 9.84 Å². The lowest BCUT2D eigenvalue weighted by molar-refractivity contribution is 0.0838. The zero-order chi connectivity index (χ0) is 17.1. The van der Waals surface area contributed by atoms with Gasteiger partial charge in [0.25, 0.3) is 5.91 Å². The predicted molar refractivity (Wildman–Crippen MR) is 91.5 cm³/mol. The van der Waals surface area contributed by atoms with Gasteiger partial charge in [0.1, 0.15) is 21.4 Å². The first-order chi connectivity index (χ1) is 11.7. The largest absolute Gasteiger partial charge is 0.394 e. The number of hydrogen-bond acceptors (Lipinski definition) is 8. The second-order valence-corrected chi connectivity index (χ2v) is 6.01. The Morgan fingerprint density at radius 3 is 2.96 bits per heavy atom. The number of nitrogens with one attached hydrogen (secondary N) is 2. The molecule has 0 fully saturated rings. The number of aliphatic hydroxyl groups excluding tert-OH is 1. The first-order valence-electron chi connectivity index (χ1n) is 7.41. The number of nitrogens with zero attached hydrogens (tertiary/aromatic N) is 4. The quantitative estimate of drug-likeness (QED) is 0.527. The Morgan fingerprint density at radius 2 is 2.21 bits per heavy atom. The highest BCUT2D eigenvalue weighted by Gasteiger charge is 2.19. The molecule has 0 radical (unpaired) electrons. The van der Waals surface area contributed by atoms with Crippen molar-refractivity contribution in [3.8, 4) is 0 Å². The Kier molecular flexibility index (Phi) is 4.88. The number of pyridine rings is 1. The van der Waals surface area contributed by atoms with Crippen molar-refractivity contribution in [1.29, 1.82) is 0 Å². The van der Waals surface area contributed by atoms with Crippen molar-refractivity contribution >= 4 is 44.4 Å². The normalized spacial score (nSPS) is 11.3. The summed E-state index contributed by atoms with van der Waals surface area (Å²) in [5.41, 5.74) is 2.23. The van der Waals surface area contributed by atoms with Gasteiger partial charge in [0.15, 0.2) is 10.8 Å². The van der Waals surface area contributed by atoms with Gasteiger partial charge in [0.2, 0.25) is 0 Å². The molecule has 1 amide bonds. The molecule has 9 nitrogen and oxygen atoms in total. The van der Waals surface area contributed by atoms with Crippen molar-refractivity contribution in [3.05, 3.63) is 11.3 Å². The number of amides is 1. The van der Waals surface area contributed by atoms with Crippen molar-refractivity contribution in [2.75, 3.05) is 38.7 Å². The lowest BCUT2D eigenvalue weighted by Crippen LogP contribution is -2.27. The second kappa shape index (κ2) is 7.07. The molecule has 0 aliphatic heterocycles. The van der Waals surface area contributed by atoms with Crippen molar-refractivity contribution in [2.45, 2.75) is 0 Å². The Morgan fingerprint density at radius 1 is 1.38 bits per heavy atom. The maximum Gasteiger partial charge on any atom is 0.280 e. The van der Waals surface area contributed by atoms with E-state index in [1.807, 2.05) is 11.6 Å².